The van der Waals surface area contributed by atoms with Gasteiger partial charge in [-0.25, -0.2) is 0 Å². The quantitative estimate of drug-likeness (QED) is 0.835. The highest BCUT2D eigenvalue weighted by Crippen LogP contribution is 2.31. The molecule has 0 radical (unpaired) electrons. The Kier molecular flexibility index (Phi) is 4.47. The summed E-state index contributed by atoms with van der Waals surface area (Å²) >= 11 is 9.31. The van der Waals surface area contributed by atoms with E-state index in [0.29, 0.717) is 17.9 Å². The average molecular weight is 274 g/mol. The van der Waals surface area contributed by atoms with Crippen LogP contribution in [0.5, 0.6) is 0 Å². The molecular weight excluding hydrogens is 263 g/mol. The molecule has 14 heavy (non-hydrogen) atoms. The van der Waals surface area contributed by atoms with E-state index >= 15 is 0 Å². The number of aliphatic hydroxyl groups excluding tert-OH is 1. The van der Waals surface area contributed by atoms with Gasteiger partial charge in [0.2, 0.25) is 0 Å². The van der Waals surface area contributed by atoms with Crippen LogP contribution in [0.2, 0.25) is 5.02 Å². The Labute approximate surface area is 97.2 Å². The van der Waals surface area contributed by atoms with Crippen molar-refractivity contribution in [1.82, 2.24) is 0 Å². The maximum atomic E-state index is 9.76. The van der Waals surface area contributed by atoms with Crippen molar-refractivity contribution in [2.45, 2.75) is 18.9 Å². The highest BCUT2D eigenvalue weighted by atomic mass is 79.9. The fraction of sp³-hybridized carbons (Fsp3) is 0.273. The first-order valence-corrected chi connectivity index (χ1v) is 5.39. The van der Waals surface area contributed by atoms with E-state index in [0.717, 1.165) is 10.0 Å². The van der Waals surface area contributed by atoms with E-state index in [1.807, 2.05) is 12.1 Å². The normalized spacial score (nSPS) is 12.1. The van der Waals surface area contributed by atoms with Gasteiger partial charge in [-0.15, -0.1) is 12.3 Å². The Balaban J connectivity index is 2.85. The fourth-order valence-electron chi connectivity index (χ4n) is 1.15. The SMILES string of the molecule is C#CCCC(O)c1cccc(Br)c1Cl. The maximum Gasteiger partial charge on any atom is 0.0813 e. The van der Waals surface area contributed by atoms with Crippen molar-refractivity contribution in [1.29, 1.82) is 0 Å². The third kappa shape index (κ3) is 2.75. The Hall–Kier alpha value is -0.490. The molecule has 1 N–H and O–H groups in total. The summed E-state index contributed by atoms with van der Waals surface area (Å²) in [6.45, 7) is 0. The van der Waals surface area contributed by atoms with Crippen LogP contribution in [-0.4, -0.2) is 5.11 Å². The van der Waals surface area contributed by atoms with Crippen molar-refractivity contribution in [3.05, 3.63) is 33.3 Å². The second kappa shape index (κ2) is 5.41. The van der Waals surface area contributed by atoms with Crippen LogP contribution < -0.4 is 0 Å². The second-order valence-corrected chi connectivity index (χ2v) is 4.13. The van der Waals surface area contributed by atoms with Gasteiger partial charge in [0.15, 0.2) is 0 Å². The summed E-state index contributed by atoms with van der Waals surface area (Å²) in [6.07, 6.45) is 5.61. The molecule has 0 aliphatic carbocycles. The van der Waals surface area contributed by atoms with Gasteiger partial charge in [0.25, 0.3) is 0 Å². The first kappa shape index (κ1) is 11.6. The molecule has 0 bridgehead atoms. The van der Waals surface area contributed by atoms with Crippen LogP contribution in [0.25, 0.3) is 0 Å². The fourth-order valence-corrected chi connectivity index (χ4v) is 1.79. The number of benzene rings is 1. The lowest BCUT2D eigenvalue weighted by Gasteiger charge is -2.11. The number of hydrogen-bond donors (Lipinski definition) is 1. The minimum absolute atomic E-state index is 0.534. The van der Waals surface area contributed by atoms with Gasteiger partial charge in [0, 0.05) is 16.5 Å². The summed E-state index contributed by atoms with van der Waals surface area (Å²) in [5.41, 5.74) is 0.719. The number of rotatable bonds is 3. The van der Waals surface area contributed by atoms with E-state index < -0.39 is 6.10 Å². The largest absolute Gasteiger partial charge is 0.388 e. The Morgan fingerprint density at radius 3 is 2.93 bits per heavy atom. The Morgan fingerprint density at radius 2 is 2.29 bits per heavy atom. The minimum atomic E-state index is -0.587. The molecule has 0 heterocycles. The first-order chi connectivity index (χ1) is 6.66. The second-order valence-electron chi connectivity index (χ2n) is 2.90. The minimum Gasteiger partial charge on any atom is -0.388 e. The van der Waals surface area contributed by atoms with Crippen LogP contribution in [0, 0.1) is 12.3 Å². The van der Waals surface area contributed by atoms with Crippen LogP contribution in [0.15, 0.2) is 22.7 Å². The first-order valence-electron chi connectivity index (χ1n) is 4.22. The highest BCUT2D eigenvalue weighted by Gasteiger charge is 2.12. The van der Waals surface area contributed by atoms with Crippen LogP contribution in [0.3, 0.4) is 0 Å². The number of aliphatic hydroxyl groups is 1. The zero-order chi connectivity index (χ0) is 10.6. The zero-order valence-electron chi connectivity index (χ0n) is 7.50. The van der Waals surface area contributed by atoms with Crippen molar-refractivity contribution in [3.63, 3.8) is 0 Å². The molecule has 3 heteroatoms. The predicted octanol–water partition coefficient (Wildman–Crippen LogP) is 3.55. The zero-order valence-corrected chi connectivity index (χ0v) is 9.85. The van der Waals surface area contributed by atoms with Crippen molar-refractivity contribution in [3.8, 4) is 12.3 Å². The van der Waals surface area contributed by atoms with E-state index in [4.69, 9.17) is 18.0 Å². The van der Waals surface area contributed by atoms with Crippen LogP contribution in [0.1, 0.15) is 24.5 Å². The molecule has 1 unspecified atom stereocenters. The molecule has 0 saturated carbocycles. The molecule has 0 aromatic heterocycles. The lowest BCUT2D eigenvalue weighted by molar-refractivity contribution is 0.169. The molecule has 0 aliphatic heterocycles. The lowest BCUT2D eigenvalue weighted by atomic mass is 10.1. The molecule has 0 fully saturated rings. The molecule has 0 spiro atoms. The van der Waals surface area contributed by atoms with E-state index in [9.17, 15) is 5.11 Å². The molecule has 1 aromatic carbocycles. The van der Waals surface area contributed by atoms with Crippen molar-refractivity contribution < 1.29 is 5.11 Å². The molecule has 0 amide bonds. The van der Waals surface area contributed by atoms with Gasteiger partial charge in [0.05, 0.1) is 11.1 Å². The number of hydrogen-bond acceptors (Lipinski definition) is 1. The van der Waals surface area contributed by atoms with Crippen molar-refractivity contribution in [2.75, 3.05) is 0 Å². The number of halogens is 2. The lowest BCUT2D eigenvalue weighted by Crippen LogP contribution is -1.98. The van der Waals surface area contributed by atoms with Crippen LogP contribution in [-0.2, 0) is 0 Å². The van der Waals surface area contributed by atoms with Gasteiger partial charge in [-0.2, -0.15) is 0 Å². The van der Waals surface area contributed by atoms with Gasteiger partial charge in [-0.3, -0.25) is 0 Å². The molecular formula is C11H10BrClO. The Morgan fingerprint density at radius 1 is 1.57 bits per heavy atom. The van der Waals surface area contributed by atoms with Crippen molar-refractivity contribution >= 4 is 27.5 Å². The third-order valence-electron chi connectivity index (χ3n) is 1.90. The van der Waals surface area contributed by atoms with E-state index in [-0.39, 0.29) is 0 Å². The Bertz CT molecular complexity index is 357. The van der Waals surface area contributed by atoms with Gasteiger partial charge >= 0.3 is 0 Å². The van der Waals surface area contributed by atoms with E-state index in [1.165, 1.54) is 0 Å². The monoisotopic (exact) mass is 272 g/mol. The molecule has 1 aromatic rings. The molecule has 1 rings (SSSR count). The molecule has 1 atom stereocenters. The summed E-state index contributed by atoms with van der Waals surface area (Å²) in [7, 11) is 0. The predicted molar refractivity (Wildman–Crippen MR) is 62.2 cm³/mol. The number of terminal acetylenes is 1. The highest BCUT2D eigenvalue weighted by molar-refractivity contribution is 9.10. The van der Waals surface area contributed by atoms with Gasteiger partial charge in [-0.05, 0) is 28.4 Å². The van der Waals surface area contributed by atoms with Crippen LogP contribution in [0.4, 0.5) is 0 Å². The summed E-state index contributed by atoms with van der Waals surface area (Å²) in [6, 6.07) is 5.47. The summed E-state index contributed by atoms with van der Waals surface area (Å²) in [4.78, 5) is 0. The van der Waals surface area contributed by atoms with E-state index in [2.05, 4.69) is 21.9 Å². The van der Waals surface area contributed by atoms with Crippen molar-refractivity contribution in [2.24, 2.45) is 0 Å². The van der Waals surface area contributed by atoms with E-state index in [1.54, 1.807) is 6.07 Å². The topological polar surface area (TPSA) is 20.2 Å². The maximum absolute atomic E-state index is 9.76. The summed E-state index contributed by atoms with van der Waals surface area (Å²) in [5, 5.41) is 10.3. The smallest absolute Gasteiger partial charge is 0.0813 e. The molecule has 1 nitrogen and oxygen atoms in total. The van der Waals surface area contributed by atoms with Gasteiger partial charge < -0.3 is 5.11 Å². The average Bonchev–Trinajstić information content (AvgIpc) is 2.18. The standard InChI is InChI=1S/C11H10BrClO/c1-2-3-7-10(14)8-5-4-6-9(12)11(8)13/h1,4-6,10,14H,3,7H2. The van der Waals surface area contributed by atoms with Crippen LogP contribution >= 0.6 is 27.5 Å². The molecule has 74 valence electrons. The van der Waals surface area contributed by atoms with Gasteiger partial charge in [0.1, 0.15) is 0 Å². The third-order valence-corrected chi connectivity index (χ3v) is 3.21. The molecule has 0 saturated heterocycles. The molecule has 0 aliphatic rings. The summed E-state index contributed by atoms with van der Waals surface area (Å²) < 4.78 is 0.788. The van der Waals surface area contributed by atoms with Gasteiger partial charge in [-0.1, -0.05) is 23.7 Å². The summed E-state index contributed by atoms with van der Waals surface area (Å²) in [5.74, 6) is 2.49.